The van der Waals surface area contributed by atoms with Crippen LogP contribution in [0.2, 0.25) is 0 Å². The summed E-state index contributed by atoms with van der Waals surface area (Å²) in [5.74, 6) is 1.90. The highest BCUT2D eigenvalue weighted by Gasteiger charge is 2.18. The van der Waals surface area contributed by atoms with Gasteiger partial charge < -0.3 is 11.1 Å². The van der Waals surface area contributed by atoms with Crippen LogP contribution in [0.5, 0.6) is 0 Å². The third-order valence-corrected chi connectivity index (χ3v) is 3.98. The molecule has 2 rings (SSSR count). The number of rotatable bonds is 4. The number of aromatic nitrogens is 1. The molecule has 1 saturated carbocycles. The number of pyridine rings is 1. The zero-order valence-corrected chi connectivity index (χ0v) is 11.6. The van der Waals surface area contributed by atoms with Gasteiger partial charge in [0.2, 0.25) is 0 Å². The highest BCUT2D eigenvalue weighted by atomic mass is 16.1. The molecule has 1 aliphatic rings. The number of carbonyl (C=O) groups is 1. The zero-order chi connectivity index (χ0) is 13.7. The fourth-order valence-corrected chi connectivity index (χ4v) is 2.68. The Morgan fingerprint density at radius 2 is 2.11 bits per heavy atom. The minimum Gasteiger partial charge on any atom is -0.384 e. The Hall–Kier alpha value is -1.58. The van der Waals surface area contributed by atoms with Crippen molar-refractivity contribution in [1.82, 2.24) is 10.3 Å². The van der Waals surface area contributed by atoms with Crippen molar-refractivity contribution in [1.29, 1.82) is 0 Å². The van der Waals surface area contributed by atoms with Crippen molar-refractivity contribution in [2.45, 2.75) is 39.0 Å². The summed E-state index contributed by atoms with van der Waals surface area (Å²) in [4.78, 5) is 15.9. The lowest BCUT2D eigenvalue weighted by Crippen LogP contribution is -2.27. The van der Waals surface area contributed by atoms with Crippen LogP contribution >= 0.6 is 0 Å². The highest BCUT2D eigenvalue weighted by Crippen LogP contribution is 2.29. The number of hydrogen-bond acceptors (Lipinski definition) is 3. The Labute approximate surface area is 114 Å². The minimum absolute atomic E-state index is 0.128. The number of nitrogens with one attached hydrogen (secondary N) is 1. The maximum Gasteiger partial charge on any atom is 0.269 e. The first kappa shape index (κ1) is 13.8. The number of hydrogen-bond donors (Lipinski definition) is 2. The van der Waals surface area contributed by atoms with E-state index in [4.69, 9.17) is 5.73 Å². The van der Waals surface area contributed by atoms with Gasteiger partial charge in [-0.3, -0.25) is 4.79 Å². The van der Waals surface area contributed by atoms with Crippen molar-refractivity contribution >= 4 is 11.7 Å². The first-order valence-corrected chi connectivity index (χ1v) is 7.16. The van der Waals surface area contributed by atoms with Gasteiger partial charge in [-0.05, 0) is 30.4 Å². The van der Waals surface area contributed by atoms with Crippen LogP contribution < -0.4 is 11.1 Å². The summed E-state index contributed by atoms with van der Waals surface area (Å²) in [6.07, 6.45) is 6.33. The number of nitrogens with two attached hydrogens (primary N) is 1. The van der Waals surface area contributed by atoms with Gasteiger partial charge in [-0.1, -0.05) is 38.7 Å². The number of amides is 1. The van der Waals surface area contributed by atoms with Crippen molar-refractivity contribution in [2.24, 2.45) is 11.8 Å². The summed E-state index contributed by atoms with van der Waals surface area (Å²) < 4.78 is 0. The number of nitrogens with zero attached hydrogens (tertiary/aromatic N) is 1. The minimum atomic E-state index is -0.128. The molecule has 0 saturated heterocycles. The van der Waals surface area contributed by atoms with E-state index in [1.165, 1.54) is 25.7 Å². The molecule has 1 heterocycles. The van der Waals surface area contributed by atoms with E-state index in [1.807, 2.05) is 0 Å². The van der Waals surface area contributed by atoms with Crippen LogP contribution in [0.25, 0.3) is 0 Å². The molecule has 104 valence electrons. The van der Waals surface area contributed by atoms with E-state index in [0.717, 1.165) is 24.8 Å². The Balaban J connectivity index is 1.72. The summed E-state index contributed by atoms with van der Waals surface area (Å²) in [5, 5.41) is 2.93. The van der Waals surface area contributed by atoms with Crippen LogP contribution in [0.4, 0.5) is 5.82 Å². The summed E-state index contributed by atoms with van der Waals surface area (Å²) >= 11 is 0. The predicted octanol–water partition coefficient (Wildman–Crippen LogP) is 2.61. The average Bonchev–Trinajstić information content (AvgIpc) is 2.41. The van der Waals surface area contributed by atoms with E-state index in [1.54, 1.807) is 18.2 Å². The molecule has 0 atom stereocenters. The standard InChI is InChI=1S/C15H23N3O/c1-11-5-7-12(8-6-11)9-10-17-15(19)13-3-2-4-14(16)18-13/h2-4,11-12H,5-10H2,1H3,(H2,16,18)(H,17,19). The second-order valence-corrected chi connectivity index (χ2v) is 5.62. The molecule has 0 radical (unpaired) electrons. The van der Waals surface area contributed by atoms with Crippen LogP contribution in [0.1, 0.15) is 49.5 Å². The molecule has 0 aromatic carbocycles. The van der Waals surface area contributed by atoms with Crippen LogP contribution in [0.15, 0.2) is 18.2 Å². The van der Waals surface area contributed by atoms with E-state index >= 15 is 0 Å². The van der Waals surface area contributed by atoms with Crippen molar-refractivity contribution in [3.8, 4) is 0 Å². The molecular weight excluding hydrogens is 238 g/mol. The first-order chi connectivity index (χ1) is 9.15. The van der Waals surface area contributed by atoms with Crippen LogP contribution in [0.3, 0.4) is 0 Å². The van der Waals surface area contributed by atoms with Crippen molar-refractivity contribution in [2.75, 3.05) is 12.3 Å². The Kier molecular flexibility index (Phi) is 4.77. The molecule has 4 heteroatoms. The summed E-state index contributed by atoms with van der Waals surface area (Å²) in [7, 11) is 0. The zero-order valence-electron chi connectivity index (χ0n) is 11.6. The predicted molar refractivity (Wildman–Crippen MR) is 76.7 cm³/mol. The molecule has 0 unspecified atom stereocenters. The van der Waals surface area contributed by atoms with Crippen molar-refractivity contribution in [3.05, 3.63) is 23.9 Å². The SMILES string of the molecule is CC1CCC(CCNC(=O)c2cccc(N)n2)CC1. The van der Waals surface area contributed by atoms with Crippen molar-refractivity contribution in [3.63, 3.8) is 0 Å². The quantitative estimate of drug-likeness (QED) is 0.875. The topological polar surface area (TPSA) is 68.0 Å². The van der Waals surface area contributed by atoms with Gasteiger partial charge in [-0.25, -0.2) is 4.98 Å². The maximum absolute atomic E-state index is 11.9. The van der Waals surface area contributed by atoms with E-state index in [9.17, 15) is 4.79 Å². The average molecular weight is 261 g/mol. The molecule has 1 aromatic heterocycles. The lowest BCUT2D eigenvalue weighted by atomic mass is 9.81. The van der Waals surface area contributed by atoms with Gasteiger partial charge >= 0.3 is 0 Å². The molecule has 1 fully saturated rings. The van der Waals surface area contributed by atoms with Gasteiger partial charge in [0.25, 0.3) is 5.91 Å². The molecule has 19 heavy (non-hydrogen) atoms. The Bertz CT molecular complexity index is 425. The van der Waals surface area contributed by atoms with Gasteiger partial charge in [-0.15, -0.1) is 0 Å². The van der Waals surface area contributed by atoms with Crippen LogP contribution in [0, 0.1) is 11.8 Å². The lowest BCUT2D eigenvalue weighted by molar-refractivity contribution is 0.0945. The largest absolute Gasteiger partial charge is 0.384 e. The highest BCUT2D eigenvalue weighted by molar-refractivity contribution is 5.92. The normalized spacial score (nSPS) is 23.0. The van der Waals surface area contributed by atoms with Crippen molar-refractivity contribution < 1.29 is 4.79 Å². The van der Waals surface area contributed by atoms with Gasteiger partial charge in [0.05, 0.1) is 0 Å². The molecule has 0 bridgehead atoms. The van der Waals surface area contributed by atoms with Gasteiger partial charge in [0.15, 0.2) is 0 Å². The second kappa shape index (κ2) is 6.55. The van der Waals surface area contributed by atoms with Gasteiger partial charge in [0.1, 0.15) is 11.5 Å². The maximum atomic E-state index is 11.9. The summed E-state index contributed by atoms with van der Waals surface area (Å²) in [6.45, 7) is 3.05. The second-order valence-electron chi connectivity index (χ2n) is 5.62. The van der Waals surface area contributed by atoms with Crippen LogP contribution in [-0.2, 0) is 0 Å². The lowest BCUT2D eigenvalue weighted by Gasteiger charge is -2.26. The van der Waals surface area contributed by atoms with Crippen LogP contribution in [-0.4, -0.2) is 17.4 Å². The summed E-state index contributed by atoms with van der Waals surface area (Å²) in [5.41, 5.74) is 5.96. The molecule has 0 spiro atoms. The first-order valence-electron chi connectivity index (χ1n) is 7.16. The molecule has 1 amide bonds. The Morgan fingerprint density at radius 3 is 2.79 bits per heavy atom. The molecular formula is C15H23N3O. The van der Waals surface area contributed by atoms with E-state index < -0.39 is 0 Å². The van der Waals surface area contributed by atoms with E-state index in [0.29, 0.717) is 11.5 Å². The smallest absolute Gasteiger partial charge is 0.269 e. The van der Waals surface area contributed by atoms with E-state index in [2.05, 4.69) is 17.2 Å². The third kappa shape index (κ3) is 4.23. The molecule has 4 nitrogen and oxygen atoms in total. The van der Waals surface area contributed by atoms with E-state index in [-0.39, 0.29) is 5.91 Å². The number of nitrogen functional groups attached to an aromatic ring is 1. The molecule has 1 aliphatic carbocycles. The van der Waals surface area contributed by atoms with Gasteiger partial charge in [-0.2, -0.15) is 0 Å². The Morgan fingerprint density at radius 1 is 1.37 bits per heavy atom. The monoisotopic (exact) mass is 261 g/mol. The molecule has 1 aromatic rings. The molecule has 0 aliphatic heterocycles. The van der Waals surface area contributed by atoms with Gasteiger partial charge in [0, 0.05) is 6.54 Å². The fourth-order valence-electron chi connectivity index (χ4n) is 2.68. The summed E-state index contributed by atoms with van der Waals surface area (Å²) in [6, 6.07) is 5.12. The molecule has 3 N–H and O–H groups in total. The number of anilines is 1. The fraction of sp³-hybridized carbons (Fsp3) is 0.600. The third-order valence-electron chi connectivity index (χ3n) is 3.98. The number of carbonyl (C=O) groups excluding carboxylic acids is 1.